The summed E-state index contributed by atoms with van der Waals surface area (Å²) in [6, 6.07) is 40.2. The minimum Gasteiger partial charge on any atom is -0.324 e. The molecule has 0 saturated carbocycles. The molecule has 2 atom stereocenters. The van der Waals surface area contributed by atoms with E-state index in [1.165, 1.54) is 50.9 Å². The summed E-state index contributed by atoms with van der Waals surface area (Å²) in [6.45, 7) is 4.24. The molecule has 54 heavy (non-hydrogen) atoms. The smallest absolute Gasteiger partial charge is 0.324 e. The third kappa shape index (κ3) is 12.9. The molecule has 2 nitrogen and oxygen atoms in total. The predicted molar refractivity (Wildman–Crippen MR) is 210 cm³/mol. The first-order valence-corrected chi connectivity index (χ1v) is 17.7. The Balaban J connectivity index is 0.000000237. The molecule has 0 aliphatic rings. The SMILES string of the molecule is C.C[C@@H](CCCCc1cccc(C(F)(F)F)c1)c1cccc2ccccc12.C[C@@H](N)c1cccc2ccccc12.O=CCCc1cccc(C(F)(F)F)c1. The maximum Gasteiger partial charge on any atom is 0.416 e. The number of aldehydes is 1. The van der Waals surface area contributed by atoms with Crippen molar-refractivity contribution in [2.75, 3.05) is 0 Å². The Hall–Kier alpha value is -4.95. The third-order valence-electron chi connectivity index (χ3n) is 9.08. The second-order valence-corrected chi connectivity index (χ2v) is 13.2. The van der Waals surface area contributed by atoms with Gasteiger partial charge in [0.25, 0.3) is 0 Å². The molecular weight excluding hydrogens is 697 g/mol. The van der Waals surface area contributed by atoms with Crippen LogP contribution < -0.4 is 5.73 Å². The van der Waals surface area contributed by atoms with Crippen molar-refractivity contribution in [1.29, 1.82) is 0 Å². The average molecular weight is 746 g/mol. The van der Waals surface area contributed by atoms with Crippen molar-refractivity contribution >= 4 is 27.8 Å². The van der Waals surface area contributed by atoms with Gasteiger partial charge < -0.3 is 10.5 Å². The predicted octanol–water partition coefficient (Wildman–Crippen LogP) is 13.7. The Morgan fingerprint density at radius 1 is 0.574 bits per heavy atom. The van der Waals surface area contributed by atoms with Gasteiger partial charge in [-0.3, -0.25) is 0 Å². The van der Waals surface area contributed by atoms with Gasteiger partial charge in [0.1, 0.15) is 6.29 Å². The third-order valence-corrected chi connectivity index (χ3v) is 9.08. The minimum absolute atomic E-state index is 0. The lowest BCUT2D eigenvalue weighted by Gasteiger charge is -2.15. The summed E-state index contributed by atoms with van der Waals surface area (Å²) in [5.41, 5.74) is 8.52. The Morgan fingerprint density at radius 3 is 1.52 bits per heavy atom. The highest BCUT2D eigenvalue weighted by Gasteiger charge is 2.31. The number of carbonyl (C=O) groups is 1. The number of rotatable bonds is 10. The fourth-order valence-corrected chi connectivity index (χ4v) is 6.29. The maximum absolute atomic E-state index is 12.8. The van der Waals surface area contributed by atoms with E-state index in [1.54, 1.807) is 12.1 Å². The summed E-state index contributed by atoms with van der Waals surface area (Å²) in [4.78, 5) is 10.0. The quantitative estimate of drug-likeness (QED) is 0.0862. The van der Waals surface area contributed by atoms with E-state index in [2.05, 4.69) is 73.7 Å². The Bertz CT molecular complexity index is 2040. The minimum atomic E-state index is -4.31. The molecule has 0 aliphatic carbocycles. The zero-order valence-corrected chi connectivity index (χ0v) is 29.9. The highest BCUT2D eigenvalue weighted by Crippen LogP contribution is 2.32. The monoisotopic (exact) mass is 745 g/mol. The van der Waals surface area contributed by atoms with E-state index in [0.29, 0.717) is 30.6 Å². The summed E-state index contributed by atoms with van der Waals surface area (Å²) < 4.78 is 75.0. The highest BCUT2D eigenvalue weighted by atomic mass is 19.4. The van der Waals surface area contributed by atoms with Crippen LogP contribution in [0.2, 0.25) is 0 Å². The number of halogens is 6. The largest absolute Gasteiger partial charge is 0.416 e. The van der Waals surface area contributed by atoms with Gasteiger partial charge in [-0.25, -0.2) is 0 Å². The molecule has 6 rings (SSSR count). The van der Waals surface area contributed by atoms with Crippen LogP contribution in [-0.2, 0) is 30.0 Å². The molecule has 0 radical (unpaired) electrons. The van der Waals surface area contributed by atoms with E-state index in [0.717, 1.165) is 43.0 Å². The number of aryl methyl sites for hydroxylation is 2. The van der Waals surface area contributed by atoms with Crippen LogP contribution in [0.4, 0.5) is 26.3 Å². The number of hydrogen-bond donors (Lipinski definition) is 1. The van der Waals surface area contributed by atoms with E-state index in [4.69, 9.17) is 5.73 Å². The molecule has 6 aromatic rings. The Kier molecular flexibility index (Phi) is 16.5. The fraction of sp³-hybridized carbons (Fsp3) is 0.283. The summed E-state index contributed by atoms with van der Waals surface area (Å²) >= 11 is 0. The van der Waals surface area contributed by atoms with Crippen molar-refractivity contribution in [3.8, 4) is 0 Å². The van der Waals surface area contributed by atoms with E-state index in [9.17, 15) is 31.1 Å². The molecule has 286 valence electrons. The van der Waals surface area contributed by atoms with Gasteiger partial charge in [-0.15, -0.1) is 0 Å². The van der Waals surface area contributed by atoms with Crippen molar-refractivity contribution in [1.82, 2.24) is 0 Å². The molecule has 0 aliphatic heterocycles. The van der Waals surface area contributed by atoms with Crippen LogP contribution in [0, 0.1) is 0 Å². The second-order valence-electron chi connectivity index (χ2n) is 13.2. The van der Waals surface area contributed by atoms with Crippen molar-refractivity contribution < 1.29 is 31.1 Å². The number of alkyl halides is 6. The Morgan fingerprint density at radius 2 is 1.02 bits per heavy atom. The van der Waals surface area contributed by atoms with Crippen molar-refractivity contribution in [2.45, 2.75) is 84.1 Å². The molecule has 0 unspecified atom stereocenters. The van der Waals surface area contributed by atoms with Gasteiger partial charge >= 0.3 is 12.4 Å². The number of hydrogen-bond acceptors (Lipinski definition) is 2. The van der Waals surface area contributed by atoms with Crippen molar-refractivity contribution in [3.63, 3.8) is 0 Å². The average Bonchev–Trinajstić information content (AvgIpc) is 3.15. The van der Waals surface area contributed by atoms with Crippen LogP contribution in [0.3, 0.4) is 0 Å². The zero-order valence-electron chi connectivity index (χ0n) is 29.9. The van der Waals surface area contributed by atoms with E-state index in [1.807, 2.05) is 25.1 Å². The van der Waals surface area contributed by atoms with Crippen molar-refractivity contribution in [2.24, 2.45) is 5.73 Å². The highest BCUT2D eigenvalue weighted by molar-refractivity contribution is 5.86. The van der Waals surface area contributed by atoms with Gasteiger partial charge in [-0.2, -0.15) is 26.3 Å². The van der Waals surface area contributed by atoms with Crippen LogP contribution in [0.1, 0.15) is 92.3 Å². The number of unbranched alkanes of at least 4 members (excludes halogenated alkanes) is 1. The molecule has 0 saturated heterocycles. The molecular formula is C46H49F6NO. The molecule has 0 fully saturated rings. The lowest BCUT2D eigenvalue weighted by molar-refractivity contribution is -0.138. The first-order valence-electron chi connectivity index (χ1n) is 17.7. The molecule has 0 heterocycles. The van der Waals surface area contributed by atoms with Gasteiger partial charge in [0.15, 0.2) is 0 Å². The number of nitrogens with two attached hydrogens (primary N) is 1. The van der Waals surface area contributed by atoms with E-state index in [-0.39, 0.29) is 19.9 Å². The van der Waals surface area contributed by atoms with Crippen LogP contribution >= 0.6 is 0 Å². The van der Waals surface area contributed by atoms with Crippen molar-refractivity contribution in [3.05, 3.63) is 167 Å². The first kappa shape index (κ1) is 43.5. The van der Waals surface area contributed by atoms with Crippen LogP contribution in [-0.4, -0.2) is 6.29 Å². The molecule has 0 amide bonds. The molecule has 8 heteroatoms. The van der Waals surface area contributed by atoms with Crippen LogP contribution in [0.15, 0.2) is 133 Å². The molecule has 0 aromatic heterocycles. The van der Waals surface area contributed by atoms with Gasteiger partial charge in [0.2, 0.25) is 0 Å². The first-order chi connectivity index (χ1) is 25.3. The summed E-state index contributed by atoms with van der Waals surface area (Å²) in [5.74, 6) is 0.433. The summed E-state index contributed by atoms with van der Waals surface area (Å²) in [5, 5.41) is 5.07. The van der Waals surface area contributed by atoms with E-state index >= 15 is 0 Å². The van der Waals surface area contributed by atoms with Gasteiger partial charge in [-0.05, 0) is 94.5 Å². The van der Waals surface area contributed by atoms with Gasteiger partial charge in [-0.1, -0.05) is 142 Å². The fourth-order valence-electron chi connectivity index (χ4n) is 6.29. The number of fused-ring (bicyclic) bond motifs is 2. The molecule has 2 N–H and O–H groups in total. The second kappa shape index (κ2) is 20.5. The van der Waals surface area contributed by atoms with Gasteiger partial charge in [0.05, 0.1) is 11.1 Å². The van der Waals surface area contributed by atoms with Crippen LogP contribution in [0.5, 0.6) is 0 Å². The molecule has 0 spiro atoms. The van der Waals surface area contributed by atoms with E-state index < -0.39 is 23.5 Å². The number of carbonyl (C=O) groups excluding carboxylic acids is 1. The topological polar surface area (TPSA) is 43.1 Å². The van der Waals surface area contributed by atoms with Crippen LogP contribution in [0.25, 0.3) is 21.5 Å². The lowest BCUT2D eigenvalue weighted by atomic mass is 9.90. The summed E-state index contributed by atoms with van der Waals surface area (Å²) in [6.07, 6.45) is -3.65. The summed E-state index contributed by atoms with van der Waals surface area (Å²) in [7, 11) is 0. The standard InChI is InChI=1S/C23H23F3.C12H13N.C10H9F3O.CH4/c1-17(21-15-7-12-19-11-4-5-14-22(19)21)8-2-3-9-18-10-6-13-20(16-18)23(24,25)26;1-9(13)11-8-4-6-10-5-2-3-7-12(10)11;11-10(12,13)9-5-1-3-8(7-9)4-2-6-14;/h4-7,10-17H,2-3,8-9H2,1H3;2-9H,13H2,1H3;1,3,5-7H,2,4H2;1H4/t17-;9-;;/m01../s1. The normalized spacial score (nSPS) is 12.4. The zero-order chi connectivity index (χ0) is 38.4. The lowest BCUT2D eigenvalue weighted by Crippen LogP contribution is -2.05. The van der Waals surface area contributed by atoms with Gasteiger partial charge in [0, 0.05) is 12.5 Å². The molecule has 6 aromatic carbocycles. The maximum atomic E-state index is 12.8. The Labute approximate surface area is 315 Å². The molecule has 0 bridgehead atoms. The number of benzene rings is 6.